The van der Waals surface area contributed by atoms with Crippen LogP contribution in [0.2, 0.25) is 0 Å². The number of carbonyl (C=O) groups is 1. The minimum absolute atomic E-state index is 0.00479. The third-order valence-corrected chi connectivity index (χ3v) is 4.52. The highest BCUT2D eigenvalue weighted by Gasteiger charge is 2.40. The van der Waals surface area contributed by atoms with Crippen LogP contribution >= 0.6 is 0 Å². The fourth-order valence-electron chi connectivity index (χ4n) is 3.31. The maximum atomic E-state index is 12.6. The molecule has 4 rings (SSSR count). The number of benzene rings is 1. The summed E-state index contributed by atoms with van der Waals surface area (Å²) >= 11 is 0. The standard InChI is InChI=1S/C17H18N6O2/c1-12-20-17(25-21-12)15-8-22(16(24)9-23-11-18-10-19-23)7-14(15)13-5-3-2-4-6-13/h2-6,10-11,14-15H,7-9H2,1H3. The van der Waals surface area contributed by atoms with Crippen molar-refractivity contribution in [3.63, 3.8) is 0 Å². The number of hydrogen-bond acceptors (Lipinski definition) is 6. The highest BCUT2D eigenvalue weighted by molar-refractivity contribution is 5.76. The molecule has 128 valence electrons. The summed E-state index contributed by atoms with van der Waals surface area (Å²) in [6.45, 7) is 3.14. The summed E-state index contributed by atoms with van der Waals surface area (Å²) in [4.78, 5) is 22.8. The number of amides is 1. The topological polar surface area (TPSA) is 89.9 Å². The molecule has 8 heteroatoms. The zero-order valence-corrected chi connectivity index (χ0v) is 13.8. The van der Waals surface area contributed by atoms with Crippen LogP contribution in [-0.2, 0) is 11.3 Å². The van der Waals surface area contributed by atoms with Crippen LogP contribution in [-0.4, -0.2) is 48.8 Å². The minimum atomic E-state index is -0.0108. The molecule has 1 saturated heterocycles. The Kier molecular flexibility index (Phi) is 4.01. The Balaban J connectivity index is 1.59. The lowest BCUT2D eigenvalue weighted by Gasteiger charge is -2.16. The van der Waals surface area contributed by atoms with Gasteiger partial charge in [-0.25, -0.2) is 9.67 Å². The highest BCUT2D eigenvalue weighted by Crippen LogP contribution is 2.39. The summed E-state index contributed by atoms with van der Waals surface area (Å²) in [5.74, 6) is 1.31. The van der Waals surface area contributed by atoms with E-state index in [1.807, 2.05) is 23.1 Å². The van der Waals surface area contributed by atoms with Crippen LogP contribution < -0.4 is 0 Å². The van der Waals surface area contributed by atoms with Crippen molar-refractivity contribution in [2.75, 3.05) is 13.1 Å². The largest absolute Gasteiger partial charge is 0.340 e. The fraction of sp³-hybridized carbons (Fsp3) is 0.353. The van der Waals surface area contributed by atoms with Gasteiger partial charge in [-0.05, 0) is 12.5 Å². The van der Waals surface area contributed by atoms with Crippen LogP contribution in [0.15, 0.2) is 47.5 Å². The van der Waals surface area contributed by atoms with Crippen LogP contribution in [0.3, 0.4) is 0 Å². The molecule has 1 aliphatic rings. The molecule has 3 heterocycles. The van der Waals surface area contributed by atoms with E-state index < -0.39 is 0 Å². The van der Waals surface area contributed by atoms with Crippen molar-refractivity contribution < 1.29 is 9.32 Å². The van der Waals surface area contributed by atoms with Gasteiger partial charge in [0.2, 0.25) is 11.8 Å². The van der Waals surface area contributed by atoms with Gasteiger partial charge in [-0.3, -0.25) is 4.79 Å². The van der Waals surface area contributed by atoms with Crippen molar-refractivity contribution in [3.05, 3.63) is 60.3 Å². The molecule has 3 aromatic rings. The van der Waals surface area contributed by atoms with Crippen LogP contribution in [0, 0.1) is 6.92 Å². The van der Waals surface area contributed by atoms with Crippen molar-refractivity contribution in [2.45, 2.75) is 25.3 Å². The third kappa shape index (κ3) is 3.15. The molecule has 0 aliphatic carbocycles. The number of aryl methyl sites for hydroxylation is 1. The van der Waals surface area contributed by atoms with Gasteiger partial charge in [0.25, 0.3) is 0 Å². The summed E-state index contributed by atoms with van der Waals surface area (Å²) in [5.41, 5.74) is 1.17. The molecule has 0 N–H and O–H groups in total. The first kappa shape index (κ1) is 15.5. The average molecular weight is 338 g/mol. The van der Waals surface area contributed by atoms with Gasteiger partial charge in [0.05, 0.1) is 5.92 Å². The predicted molar refractivity (Wildman–Crippen MR) is 87.6 cm³/mol. The molecule has 8 nitrogen and oxygen atoms in total. The van der Waals surface area contributed by atoms with Crippen LogP contribution in [0.1, 0.15) is 29.1 Å². The van der Waals surface area contributed by atoms with Gasteiger partial charge in [0.15, 0.2) is 5.82 Å². The monoisotopic (exact) mass is 338 g/mol. The Bertz CT molecular complexity index is 845. The second kappa shape index (κ2) is 6.46. The van der Waals surface area contributed by atoms with Gasteiger partial charge in [-0.15, -0.1) is 0 Å². The molecule has 1 aliphatic heterocycles. The number of carbonyl (C=O) groups excluding carboxylic acids is 1. The molecule has 2 atom stereocenters. The summed E-state index contributed by atoms with van der Waals surface area (Å²) in [7, 11) is 0. The maximum Gasteiger partial charge on any atom is 0.244 e. The lowest BCUT2D eigenvalue weighted by molar-refractivity contribution is -0.131. The van der Waals surface area contributed by atoms with E-state index in [4.69, 9.17) is 4.52 Å². The number of likely N-dealkylation sites (tertiary alicyclic amines) is 1. The molecule has 1 fully saturated rings. The quantitative estimate of drug-likeness (QED) is 0.714. The van der Waals surface area contributed by atoms with E-state index in [2.05, 4.69) is 32.4 Å². The molecule has 0 bridgehead atoms. The van der Waals surface area contributed by atoms with E-state index in [0.29, 0.717) is 24.8 Å². The summed E-state index contributed by atoms with van der Waals surface area (Å²) in [6, 6.07) is 10.1. The van der Waals surface area contributed by atoms with Gasteiger partial charge < -0.3 is 9.42 Å². The summed E-state index contributed by atoms with van der Waals surface area (Å²) in [5, 5.41) is 7.91. The van der Waals surface area contributed by atoms with Crippen molar-refractivity contribution in [3.8, 4) is 0 Å². The van der Waals surface area contributed by atoms with Gasteiger partial charge in [-0.2, -0.15) is 10.1 Å². The first-order chi connectivity index (χ1) is 12.2. The smallest absolute Gasteiger partial charge is 0.244 e. The number of rotatable bonds is 4. The Morgan fingerprint density at radius 1 is 1.24 bits per heavy atom. The Morgan fingerprint density at radius 2 is 2.04 bits per heavy atom. The average Bonchev–Trinajstić information content (AvgIpc) is 3.35. The molecular formula is C17H18N6O2. The lowest BCUT2D eigenvalue weighted by atomic mass is 9.89. The number of nitrogens with zero attached hydrogens (tertiary/aromatic N) is 6. The Hall–Kier alpha value is -3.03. The van der Waals surface area contributed by atoms with Crippen LogP contribution in [0.25, 0.3) is 0 Å². The zero-order chi connectivity index (χ0) is 17.2. The second-order valence-corrected chi connectivity index (χ2v) is 6.20. The highest BCUT2D eigenvalue weighted by atomic mass is 16.5. The van der Waals surface area contributed by atoms with E-state index in [-0.39, 0.29) is 24.3 Å². The molecule has 2 aromatic heterocycles. The molecule has 1 amide bonds. The molecule has 1 aromatic carbocycles. The molecule has 0 spiro atoms. The SMILES string of the molecule is Cc1noc(C2CN(C(=O)Cn3cncn3)CC2c2ccccc2)n1. The van der Waals surface area contributed by atoms with Gasteiger partial charge >= 0.3 is 0 Å². The summed E-state index contributed by atoms with van der Waals surface area (Å²) < 4.78 is 6.94. The van der Waals surface area contributed by atoms with E-state index in [9.17, 15) is 4.79 Å². The number of hydrogen-bond donors (Lipinski definition) is 0. The van der Waals surface area contributed by atoms with E-state index >= 15 is 0 Å². The Labute approximate surface area is 144 Å². The predicted octanol–water partition coefficient (Wildman–Crippen LogP) is 1.38. The first-order valence-electron chi connectivity index (χ1n) is 8.16. The minimum Gasteiger partial charge on any atom is -0.340 e. The van der Waals surface area contributed by atoms with Crippen molar-refractivity contribution in [2.24, 2.45) is 0 Å². The Morgan fingerprint density at radius 3 is 2.72 bits per heavy atom. The fourth-order valence-corrected chi connectivity index (χ4v) is 3.31. The molecule has 0 radical (unpaired) electrons. The van der Waals surface area contributed by atoms with E-state index in [1.165, 1.54) is 16.6 Å². The second-order valence-electron chi connectivity index (χ2n) is 6.20. The summed E-state index contributed by atoms with van der Waals surface area (Å²) in [6.07, 6.45) is 2.97. The van der Waals surface area contributed by atoms with E-state index in [0.717, 1.165) is 0 Å². The lowest BCUT2D eigenvalue weighted by Crippen LogP contribution is -2.32. The maximum absolute atomic E-state index is 12.6. The van der Waals surface area contributed by atoms with Crippen LogP contribution in [0.4, 0.5) is 0 Å². The number of aromatic nitrogens is 5. The molecular weight excluding hydrogens is 320 g/mol. The zero-order valence-electron chi connectivity index (χ0n) is 13.8. The van der Waals surface area contributed by atoms with Crippen molar-refractivity contribution in [1.29, 1.82) is 0 Å². The van der Waals surface area contributed by atoms with Crippen molar-refractivity contribution in [1.82, 2.24) is 29.8 Å². The van der Waals surface area contributed by atoms with Gasteiger partial charge in [0, 0.05) is 19.0 Å². The van der Waals surface area contributed by atoms with E-state index in [1.54, 1.807) is 13.3 Å². The van der Waals surface area contributed by atoms with Crippen LogP contribution in [0.5, 0.6) is 0 Å². The molecule has 2 unspecified atom stereocenters. The van der Waals surface area contributed by atoms with Gasteiger partial charge in [0.1, 0.15) is 19.2 Å². The molecule has 25 heavy (non-hydrogen) atoms. The van der Waals surface area contributed by atoms with Crippen molar-refractivity contribution >= 4 is 5.91 Å². The molecule has 0 saturated carbocycles. The first-order valence-corrected chi connectivity index (χ1v) is 8.16. The normalized spacial score (nSPS) is 20.1. The third-order valence-electron chi connectivity index (χ3n) is 4.52. The van der Waals surface area contributed by atoms with Gasteiger partial charge in [-0.1, -0.05) is 35.5 Å².